The van der Waals surface area contributed by atoms with Gasteiger partial charge >= 0.3 is 0 Å². The number of likely N-dealkylation sites (N-methyl/N-ethyl adjacent to an activating group) is 1. The minimum absolute atomic E-state index is 0.123. The molecule has 1 amide bonds. The van der Waals surface area contributed by atoms with Crippen molar-refractivity contribution in [3.63, 3.8) is 0 Å². The lowest BCUT2D eigenvalue weighted by Crippen LogP contribution is -2.28. The molecule has 30 heavy (non-hydrogen) atoms. The number of aromatic nitrogens is 3. The predicted molar refractivity (Wildman–Crippen MR) is 115 cm³/mol. The smallest absolute Gasteiger partial charge is 0.253 e. The number of benzene rings is 1. The summed E-state index contributed by atoms with van der Waals surface area (Å²) in [6.45, 7) is 4.04. The minimum Gasteiger partial charge on any atom is -0.471 e. The SMILES string of the molecule is CC(=O)Nc1cccc2cc(Nc3cnc(C#N)c(O[C@H](C)CN(C)C)n3)ncc12. The van der Waals surface area contributed by atoms with Gasteiger partial charge in [0.2, 0.25) is 11.6 Å². The minimum atomic E-state index is -0.164. The number of nitrogens with one attached hydrogen (secondary N) is 2. The Morgan fingerprint density at radius 1 is 1.27 bits per heavy atom. The number of carbonyl (C=O) groups is 1. The molecule has 1 atom stereocenters. The van der Waals surface area contributed by atoms with E-state index in [0.717, 1.165) is 10.8 Å². The Labute approximate surface area is 174 Å². The number of ether oxygens (including phenoxy) is 1. The second-order valence-electron chi connectivity index (χ2n) is 7.11. The van der Waals surface area contributed by atoms with Gasteiger partial charge in [0.1, 0.15) is 18.0 Å². The van der Waals surface area contributed by atoms with E-state index in [0.29, 0.717) is 23.9 Å². The number of anilines is 3. The summed E-state index contributed by atoms with van der Waals surface area (Å²) in [5.41, 5.74) is 0.820. The van der Waals surface area contributed by atoms with Gasteiger partial charge in [-0.3, -0.25) is 4.79 Å². The third-order valence-electron chi connectivity index (χ3n) is 4.11. The molecular formula is C21H23N7O2. The van der Waals surface area contributed by atoms with Crippen molar-refractivity contribution in [2.75, 3.05) is 31.3 Å². The molecule has 2 aromatic heterocycles. The molecule has 154 valence electrons. The number of rotatable bonds is 7. The molecule has 0 saturated heterocycles. The van der Waals surface area contributed by atoms with Crippen molar-refractivity contribution in [2.24, 2.45) is 0 Å². The normalized spacial score (nSPS) is 11.7. The first-order valence-electron chi connectivity index (χ1n) is 9.37. The van der Waals surface area contributed by atoms with Crippen molar-refractivity contribution in [3.05, 3.63) is 42.4 Å². The van der Waals surface area contributed by atoms with Crippen molar-refractivity contribution in [1.82, 2.24) is 19.9 Å². The molecule has 0 saturated carbocycles. The zero-order valence-corrected chi connectivity index (χ0v) is 17.3. The lowest BCUT2D eigenvalue weighted by molar-refractivity contribution is -0.114. The third kappa shape index (κ3) is 5.18. The van der Waals surface area contributed by atoms with Crippen LogP contribution in [0.4, 0.5) is 17.3 Å². The summed E-state index contributed by atoms with van der Waals surface area (Å²) in [5, 5.41) is 16.9. The van der Waals surface area contributed by atoms with E-state index in [4.69, 9.17) is 4.74 Å². The number of pyridine rings is 1. The van der Waals surface area contributed by atoms with E-state index >= 15 is 0 Å². The summed E-state index contributed by atoms with van der Waals surface area (Å²) in [6.07, 6.45) is 2.97. The highest BCUT2D eigenvalue weighted by Crippen LogP contribution is 2.26. The Hall–Kier alpha value is -3.77. The highest BCUT2D eigenvalue weighted by molar-refractivity contribution is 6.01. The number of carbonyl (C=O) groups excluding carboxylic acids is 1. The van der Waals surface area contributed by atoms with Crippen LogP contribution in [-0.2, 0) is 4.79 Å². The molecule has 0 aliphatic heterocycles. The van der Waals surface area contributed by atoms with Crippen molar-refractivity contribution >= 4 is 34.0 Å². The number of nitrogens with zero attached hydrogens (tertiary/aromatic N) is 5. The molecule has 0 fully saturated rings. The summed E-state index contributed by atoms with van der Waals surface area (Å²) in [7, 11) is 3.88. The zero-order chi connectivity index (χ0) is 21.7. The van der Waals surface area contributed by atoms with E-state index in [-0.39, 0.29) is 23.6 Å². The van der Waals surface area contributed by atoms with E-state index in [1.165, 1.54) is 13.1 Å². The van der Waals surface area contributed by atoms with Gasteiger partial charge in [0.15, 0.2) is 5.82 Å². The monoisotopic (exact) mass is 405 g/mol. The first-order valence-corrected chi connectivity index (χ1v) is 9.37. The van der Waals surface area contributed by atoms with Crippen LogP contribution in [0.5, 0.6) is 5.88 Å². The Morgan fingerprint density at radius 2 is 2.07 bits per heavy atom. The molecule has 2 N–H and O–H groups in total. The van der Waals surface area contributed by atoms with Gasteiger partial charge in [-0.2, -0.15) is 10.2 Å². The van der Waals surface area contributed by atoms with Gasteiger partial charge in [-0.25, -0.2) is 9.97 Å². The fraction of sp³-hybridized carbons (Fsp3) is 0.286. The van der Waals surface area contributed by atoms with E-state index in [2.05, 4.69) is 25.6 Å². The van der Waals surface area contributed by atoms with E-state index in [1.54, 1.807) is 6.20 Å². The number of amides is 1. The topological polar surface area (TPSA) is 116 Å². The Morgan fingerprint density at radius 3 is 2.77 bits per heavy atom. The van der Waals surface area contributed by atoms with Gasteiger partial charge < -0.3 is 20.3 Å². The molecule has 0 spiro atoms. The Kier molecular flexibility index (Phi) is 6.39. The van der Waals surface area contributed by atoms with Crippen molar-refractivity contribution < 1.29 is 9.53 Å². The fourth-order valence-corrected chi connectivity index (χ4v) is 3.00. The largest absolute Gasteiger partial charge is 0.471 e. The van der Waals surface area contributed by atoms with Crippen LogP contribution < -0.4 is 15.4 Å². The maximum atomic E-state index is 11.4. The lowest BCUT2D eigenvalue weighted by atomic mass is 10.1. The molecule has 3 rings (SSSR count). The van der Waals surface area contributed by atoms with E-state index in [1.807, 2.05) is 56.3 Å². The first-order chi connectivity index (χ1) is 14.4. The van der Waals surface area contributed by atoms with E-state index in [9.17, 15) is 10.1 Å². The molecule has 3 aromatic rings. The fourth-order valence-electron chi connectivity index (χ4n) is 3.00. The molecule has 0 aliphatic rings. The Bertz CT molecular complexity index is 1110. The van der Waals surface area contributed by atoms with Crippen molar-refractivity contribution in [2.45, 2.75) is 20.0 Å². The van der Waals surface area contributed by atoms with Crippen LogP contribution in [-0.4, -0.2) is 52.5 Å². The number of hydrogen-bond acceptors (Lipinski definition) is 8. The molecular weight excluding hydrogens is 382 g/mol. The average Bonchev–Trinajstić information content (AvgIpc) is 2.67. The first kappa shape index (κ1) is 21.0. The van der Waals surface area contributed by atoms with Gasteiger partial charge in [-0.15, -0.1) is 0 Å². The van der Waals surface area contributed by atoms with Gasteiger partial charge in [0, 0.05) is 25.1 Å². The molecule has 1 aromatic carbocycles. The summed E-state index contributed by atoms with van der Waals surface area (Å²) < 4.78 is 5.81. The summed E-state index contributed by atoms with van der Waals surface area (Å²) in [5.74, 6) is 0.985. The molecule has 0 bridgehead atoms. The second-order valence-corrected chi connectivity index (χ2v) is 7.11. The standard InChI is InChI=1S/C21H23N7O2/c1-13(12-28(3)4)30-21-18(9-22)23-11-20(27-21)26-19-8-15-6-5-7-17(25-14(2)29)16(15)10-24-19/h5-8,10-11,13H,12H2,1-4H3,(H,25,29)(H,24,26,27)/t13-/m1/s1. The molecule has 0 unspecified atom stereocenters. The van der Waals surface area contributed by atoms with E-state index < -0.39 is 0 Å². The number of hydrogen-bond donors (Lipinski definition) is 2. The summed E-state index contributed by atoms with van der Waals surface area (Å²) in [6, 6.07) is 9.45. The van der Waals surface area contributed by atoms with Crippen LogP contribution in [0.1, 0.15) is 19.5 Å². The average molecular weight is 405 g/mol. The highest BCUT2D eigenvalue weighted by atomic mass is 16.5. The van der Waals surface area contributed by atoms with Crippen LogP contribution >= 0.6 is 0 Å². The number of nitriles is 1. The molecule has 0 radical (unpaired) electrons. The predicted octanol–water partition coefficient (Wildman–Crippen LogP) is 2.93. The van der Waals surface area contributed by atoms with Crippen LogP contribution in [0.15, 0.2) is 36.7 Å². The Balaban J connectivity index is 1.85. The highest BCUT2D eigenvalue weighted by Gasteiger charge is 2.14. The van der Waals surface area contributed by atoms with Crippen LogP contribution in [0.2, 0.25) is 0 Å². The van der Waals surface area contributed by atoms with Gasteiger partial charge in [-0.05, 0) is 38.5 Å². The van der Waals surface area contributed by atoms with Gasteiger partial charge in [0.05, 0.1) is 11.9 Å². The maximum Gasteiger partial charge on any atom is 0.253 e. The second kappa shape index (κ2) is 9.15. The zero-order valence-electron chi connectivity index (χ0n) is 17.3. The van der Waals surface area contributed by atoms with Crippen LogP contribution in [0.3, 0.4) is 0 Å². The third-order valence-corrected chi connectivity index (χ3v) is 4.11. The molecule has 2 heterocycles. The summed E-state index contributed by atoms with van der Waals surface area (Å²) in [4.78, 5) is 26.3. The maximum absolute atomic E-state index is 11.4. The quantitative estimate of drug-likeness (QED) is 0.616. The molecule has 9 heteroatoms. The lowest BCUT2D eigenvalue weighted by Gasteiger charge is -2.18. The van der Waals surface area contributed by atoms with Crippen LogP contribution in [0, 0.1) is 11.3 Å². The van der Waals surface area contributed by atoms with Gasteiger partial charge in [0.25, 0.3) is 5.88 Å². The van der Waals surface area contributed by atoms with Crippen molar-refractivity contribution in [3.8, 4) is 11.9 Å². The molecule has 0 aliphatic carbocycles. The molecule has 9 nitrogen and oxygen atoms in total. The summed E-state index contributed by atoms with van der Waals surface area (Å²) >= 11 is 0. The van der Waals surface area contributed by atoms with Crippen molar-refractivity contribution in [1.29, 1.82) is 5.26 Å². The van der Waals surface area contributed by atoms with Gasteiger partial charge in [-0.1, -0.05) is 12.1 Å². The van der Waals surface area contributed by atoms with Crippen LogP contribution in [0.25, 0.3) is 10.8 Å². The number of fused-ring (bicyclic) bond motifs is 1.